The molecule has 4 rings (SSSR count). The standard InChI is InChI=1S/C21H17BrN4OS2/c1-2-11-26-20(17-12-28-18-6-4-3-5-16(17)18)24-25-21(26)29-13-19(27)23-15-9-7-14(22)8-10-15/h2-10,12H,1,11,13H2,(H,23,27). The van der Waals surface area contributed by atoms with Gasteiger partial charge in [0, 0.05) is 37.7 Å². The first-order valence-electron chi connectivity index (χ1n) is 8.84. The van der Waals surface area contributed by atoms with Gasteiger partial charge in [0.05, 0.1) is 5.75 Å². The van der Waals surface area contributed by atoms with E-state index in [1.807, 2.05) is 47.0 Å². The van der Waals surface area contributed by atoms with Gasteiger partial charge < -0.3 is 5.32 Å². The molecule has 2 aromatic heterocycles. The first-order valence-corrected chi connectivity index (χ1v) is 11.5. The zero-order valence-electron chi connectivity index (χ0n) is 15.3. The topological polar surface area (TPSA) is 59.8 Å². The molecule has 0 saturated carbocycles. The van der Waals surface area contributed by atoms with Crippen molar-refractivity contribution >= 4 is 60.7 Å². The van der Waals surface area contributed by atoms with E-state index in [1.54, 1.807) is 11.3 Å². The summed E-state index contributed by atoms with van der Waals surface area (Å²) >= 11 is 6.44. The third kappa shape index (κ3) is 4.44. The minimum Gasteiger partial charge on any atom is -0.325 e. The summed E-state index contributed by atoms with van der Waals surface area (Å²) in [6, 6.07) is 15.7. The minimum absolute atomic E-state index is 0.0898. The van der Waals surface area contributed by atoms with Crippen molar-refractivity contribution in [2.24, 2.45) is 0 Å². The molecule has 1 N–H and O–H groups in total. The van der Waals surface area contributed by atoms with Crippen LogP contribution in [0.5, 0.6) is 0 Å². The van der Waals surface area contributed by atoms with Gasteiger partial charge in [0.1, 0.15) is 0 Å². The van der Waals surface area contributed by atoms with Crippen LogP contribution >= 0.6 is 39.0 Å². The number of rotatable bonds is 7. The number of thioether (sulfide) groups is 1. The molecule has 0 aliphatic rings. The number of carbonyl (C=O) groups excluding carboxylic acids is 1. The van der Waals surface area contributed by atoms with E-state index in [-0.39, 0.29) is 11.7 Å². The van der Waals surface area contributed by atoms with Crippen LogP contribution in [0, 0.1) is 0 Å². The second kappa shape index (κ2) is 8.94. The van der Waals surface area contributed by atoms with Crippen LogP contribution in [0.25, 0.3) is 21.5 Å². The molecule has 0 aliphatic carbocycles. The molecule has 8 heteroatoms. The van der Waals surface area contributed by atoms with Crippen LogP contribution in [0.4, 0.5) is 5.69 Å². The Balaban J connectivity index is 1.53. The van der Waals surface area contributed by atoms with Crippen LogP contribution in [-0.2, 0) is 11.3 Å². The fourth-order valence-electron chi connectivity index (χ4n) is 2.90. The molecule has 2 heterocycles. The number of fused-ring (bicyclic) bond motifs is 1. The Morgan fingerprint density at radius 1 is 1.21 bits per heavy atom. The van der Waals surface area contributed by atoms with Gasteiger partial charge in [-0.1, -0.05) is 52.0 Å². The van der Waals surface area contributed by atoms with Gasteiger partial charge in [0.2, 0.25) is 5.91 Å². The lowest BCUT2D eigenvalue weighted by Crippen LogP contribution is -2.14. The van der Waals surface area contributed by atoms with Crippen molar-refractivity contribution in [2.75, 3.05) is 11.1 Å². The van der Waals surface area contributed by atoms with E-state index in [4.69, 9.17) is 0 Å². The lowest BCUT2D eigenvalue weighted by atomic mass is 10.1. The number of aromatic nitrogens is 3. The van der Waals surface area contributed by atoms with E-state index in [1.165, 1.54) is 16.5 Å². The van der Waals surface area contributed by atoms with E-state index in [0.29, 0.717) is 11.7 Å². The first kappa shape index (κ1) is 19.9. The van der Waals surface area contributed by atoms with Gasteiger partial charge in [-0.25, -0.2) is 0 Å². The predicted molar refractivity (Wildman–Crippen MR) is 125 cm³/mol. The quantitative estimate of drug-likeness (QED) is 0.264. The van der Waals surface area contributed by atoms with E-state index in [9.17, 15) is 4.79 Å². The number of thiophene rings is 1. The number of benzene rings is 2. The highest BCUT2D eigenvalue weighted by Crippen LogP contribution is 2.34. The van der Waals surface area contributed by atoms with E-state index >= 15 is 0 Å². The Bertz CT molecular complexity index is 1170. The maximum Gasteiger partial charge on any atom is 0.234 e. The lowest BCUT2D eigenvalue weighted by molar-refractivity contribution is -0.113. The molecule has 1 amide bonds. The third-order valence-corrected chi connectivity index (χ3v) is 6.67. The van der Waals surface area contributed by atoms with Gasteiger partial charge in [-0.05, 0) is 30.3 Å². The van der Waals surface area contributed by atoms with Gasteiger partial charge in [-0.15, -0.1) is 28.1 Å². The molecular weight excluding hydrogens is 468 g/mol. The number of nitrogens with one attached hydrogen (secondary N) is 1. The van der Waals surface area contributed by atoms with Crippen LogP contribution in [0.2, 0.25) is 0 Å². The van der Waals surface area contributed by atoms with Crippen molar-refractivity contribution < 1.29 is 4.79 Å². The van der Waals surface area contributed by atoms with Crippen molar-refractivity contribution in [2.45, 2.75) is 11.7 Å². The molecule has 29 heavy (non-hydrogen) atoms. The number of amides is 1. The second-order valence-electron chi connectivity index (χ2n) is 6.19. The molecule has 0 atom stereocenters. The maximum atomic E-state index is 12.3. The Morgan fingerprint density at radius 3 is 2.79 bits per heavy atom. The summed E-state index contributed by atoms with van der Waals surface area (Å²) < 4.78 is 4.17. The third-order valence-electron chi connectivity index (χ3n) is 4.21. The molecule has 2 aromatic carbocycles. The molecule has 0 bridgehead atoms. The molecule has 0 aliphatic heterocycles. The van der Waals surface area contributed by atoms with E-state index in [0.717, 1.165) is 26.9 Å². The second-order valence-corrected chi connectivity index (χ2v) is 8.96. The molecule has 0 radical (unpaired) electrons. The SMILES string of the molecule is C=CCn1c(SCC(=O)Nc2ccc(Br)cc2)nnc1-c1csc2ccccc12. The fraction of sp³-hybridized carbons (Fsp3) is 0.0952. The first-order chi connectivity index (χ1) is 14.2. The molecule has 0 spiro atoms. The highest BCUT2D eigenvalue weighted by atomic mass is 79.9. The van der Waals surface area contributed by atoms with Crippen molar-refractivity contribution in [3.05, 3.63) is 71.0 Å². The maximum absolute atomic E-state index is 12.3. The van der Waals surface area contributed by atoms with Crippen molar-refractivity contribution in [3.8, 4) is 11.4 Å². The highest BCUT2D eigenvalue weighted by Gasteiger charge is 2.17. The Morgan fingerprint density at radius 2 is 2.00 bits per heavy atom. The molecule has 0 saturated heterocycles. The van der Waals surface area contributed by atoms with E-state index < -0.39 is 0 Å². The van der Waals surface area contributed by atoms with Gasteiger partial charge in [0.25, 0.3) is 0 Å². The Kier molecular flexibility index (Phi) is 6.13. The Hall–Kier alpha value is -2.42. The molecule has 146 valence electrons. The number of allylic oxidation sites excluding steroid dienone is 1. The van der Waals surface area contributed by atoms with Crippen LogP contribution in [0.15, 0.2) is 76.2 Å². The van der Waals surface area contributed by atoms with Crippen LogP contribution in [-0.4, -0.2) is 26.4 Å². The lowest BCUT2D eigenvalue weighted by Gasteiger charge is -2.08. The average Bonchev–Trinajstić information content (AvgIpc) is 3.32. The van der Waals surface area contributed by atoms with Crippen molar-refractivity contribution in [1.29, 1.82) is 0 Å². The molecule has 5 nitrogen and oxygen atoms in total. The summed E-state index contributed by atoms with van der Waals surface area (Å²) in [5.41, 5.74) is 1.81. The van der Waals surface area contributed by atoms with Crippen LogP contribution < -0.4 is 5.32 Å². The summed E-state index contributed by atoms with van der Waals surface area (Å²) in [7, 11) is 0. The molecule has 4 aromatic rings. The number of carbonyl (C=O) groups is 1. The molecule has 0 fully saturated rings. The largest absolute Gasteiger partial charge is 0.325 e. The van der Waals surface area contributed by atoms with E-state index in [2.05, 4.69) is 55.5 Å². The smallest absolute Gasteiger partial charge is 0.234 e. The highest BCUT2D eigenvalue weighted by molar-refractivity contribution is 9.10. The summed E-state index contributed by atoms with van der Waals surface area (Å²) in [4.78, 5) is 12.3. The summed E-state index contributed by atoms with van der Waals surface area (Å²) in [6.45, 7) is 4.43. The van der Waals surface area contributed by atoms with Gasteiger partial charge in [-0.2, -0.15) is 0 Å². The molecule has 0 unspecified atom stereocenters. The zero-order chi connectivity index (χ0) is 20.2. The van der Waals surface area contributed by atoms with Gasteiger partial charge in [-0.3, -0.25) is 9.36 Å². The summed E-state index contributed by atoms with van der Waals surface area (Å²) in [5, 5.41) is 15.6. The Labute approximate surface area is 185 Å². The zero-order valence-corrected chi connectivity index (χ0v) is 18.6. The fourth-order valence-corrected chi connectivity index (χ4v) is 4.85. The molecular formula is C21H17BrN4OS2. The normalized spacial score (nSPS) is 10.9. The number of anilines is 1. The van der Waals surface area contributed by atoms with Crippen LogP contribution in [0.3, 0.4) is 0 Å². The predicted octanol–water partition coefficient (Wildman–Crippen LogP) is 5.84. The minimum atomic E-state index is -0.0898. The number of hydrogen-bond donors (Lipinski definition) is 1. The number of halogens is 1. The van der Waals surface area contributed by atoms with Gasteiger partial charge in [0.15, 0.2) is 11.0 Å². The monoisotopic (exact) mass is 484 g/mol. The van der Waals surface area contributed by atoms with Gasteiger partial charge >= 0.3 is 0 Å². The number of hydrogen-bond acceptors (Lipinski definition) is 5. The number of nitrogens with zero attached hydrogens (tertiary/aromatic N) is 3. The van der Waals surface area contributed by atoms with Crippen LogP contribution in [0.1, 0.15) is 0 Å². The van der Waals surface area contributed by atoms with Crippen molar-refractivity contribution in [1.82, 2.24) is 14.8 Å². The average molecular weight is 485 g/mol. The van der Waals surface area contributed by atoms with Crippen molar-refractivity contribution in [3.63, 3.8) is 0 Å². The summed E-state index contributed by atoms with van der Waals surface area (Å²) in [5.74, 6) is 0.946. The summed E-state index contributed by atoms with van der Waals surface area (Å²) in [6.07, 6.45) is 1.81.